The molecule has 1 saturated carbocycles. The van der Waals surface area contributed by atoms with E-state index in [1.165, 1.54) is 38.4 Å². The van der Waals surface area contributed by atoms with Crippen molar-refractivity contribution in [3.63, 3.8) is 0 Å². The van der Waals surface area contributed by atoms with E-state index in [4.69, 9.17) is 4.74 Å². The molecule has 0 aromatic heterocycles. The maximum absolute atomic E-state index is 13.5. The summed E-state index contributed by atoms with van der Waals surface area (Å²) in [5.41, 5.74) is 3.47. The summed E-state index contributed by atoms with van der Waals surface area (Å²) in [5, 5.41) is 11.7. The Morgan fingerprint density at radius 3 is 2.36 bits per heavy atom. The average Bonchev–Trinajstić information content (AvgIpc) is 3.38. The number of likely N-dealkylation sites (tertiary alicyclic amines) is 1. The highest BCUT2D eigenvalue weighted by molar-refractivity contribution is 7.91. The molecule has 45 heavy (non-hydrogen) atoms. The van der Waals surface area contributed by atoms with Crippen molar-refractivity contribution in [2.75, 3.05) is 38.0 Å². The van der Waals surface area contributed by atoms with Crippen LogP contribution >= 0.6 is 0 Å². The van der Waals surface area contributed by atoms with Crippen LogP contribution in [-0.4, -0.2) is 94.1 Å². The number of sulfone groups is 2. The number of carboxylic acids is 1. The van der Waals surface area contributed by atoms with Crippen molar-refractivity contribution in [1.29, 1.82) is 0 Å². The number of hydrogen-bond acceptors (Lipinski definition) is 8. The Labute approximate surface area is 267 Å². The number of amides is 1. The molecule has 2 aromatic rings. The van der Waals surface area contributed by atoms with Gasteiger partial charge in [0.1, 0.15) is 15.9 Å². The van der Waals surface area contributed by atoms with Crippen molar-refractivity contribution in [3.05, 3.63) is 59.2 Å². The normalized spacial score (nSPS) is 20.6. The molecule has 1 saturated heterocycles. The third kappa shape index (κ3) is 10.1. The zero-order valence-corrected chi connectivity index (χ0v) is 28.0. The molecule has 1 aliphatic carbocycles. The Kier molecular flexibility index (Phi) is 11.8. The van der Waals surface area contributed by atoms with Gasteiger partial charge in [-0.3, -0.25) is 9.69 Å². The van der Waals surface area contributed by atoms with Gasteiger partial charge in [0.2, 0.25) is 0 Å². The molecule has 2 fully saturated rings. The Morgan fingerprint density at radius 1 is 1.00 bits per heavy atom. The van der Waals surface area contributed by atoms with Gasteiger partial charge in [0.25, 0.3) is 5.91 Å². The Morgan fingerprint density at radius 2 is 1.71 bits per heavy atom. The van der Waals surface area contributed by atoms with Gasteiger partial charge in [-0.1, -0.05) is 49.6 Å². The molecule has 12 heteroatoms. The summed E-state index contributed by atoms with van der Waals surface area (Å²) in [6, 6.07) is 11.5. The molecule has 10 nitrogen and oxygen atoms in total. The maximum Gasteiger partial charge on any atom is 0.326 e. The van der Waals surface area contributed by atoms with E-state index in [1.807, 2.05) is 37.3 Å². The first-order valence-electron chi connectivity index (χ1n) is 15.6. The number of carbonyl (C=O) groups excluding carboxylic acids is 1. The van der Waals surface area contributed by atoms with Gasteiger partial charge in [0.05, 0.1) is 17.6 Å². The lowest BCUT2D eigenvalue weighted by molar-refractivity contribution is -0.139. The van der Waals surface area contributed by atoms with Gasteiger partial charge in [-0.15, -0.1) is 0 Å². The number of benzene rings is 2. The van der Waals surface area contributed by atoms with E-state index in [0.717, 1.165) is 22.9 Å². The Hall–Kier alpha value is -2.80. The molecule has 248 valence electrons. The average molecular weight is 663 g/mol. The van der Waals surface area contributed by atoms with Crippen LogP contribution in [0.3, 0.4) is 0 Å². The number of aryl methyl sites for hydroxylation is 1. The topological polar surface area (TPSA) is 147 Å². The number of carboxylic acid groups (broad SMARTS) is 1. The van der Waals surface area contributed by atoms with Crippen LogP contribution in [0.1, 0.15) is 66.4 Å². The van der Waals surface area contributed by atoms with E-state index in [1.54, 1.807) is 12.1 Å². The number of nitrogens with zero attached hydrogens (tertiary/aromatic N) is 1. The molecule has 4 rings (SSSR count). The molecule has 2 aromatic carbocycles. The first-order chi connectivity index (χ1) is 21.2. The highest BCUT2D eigenvalue weighted by Gasteiger charge is 2.37. The molecule has 2 aliphatic rings. The number of aliphatic carboxylic acids is 1. The van der Waals surface area contributed by atoms with Gasteiger partial charge >= 0.3 is 5.97 Å². The number of rotatable bonds is 14. The number of hydrogen-bond donors (Lipinski definition) is 2. The van der Waals surface area contributed by atoms with E-state index >= 15 is 0 Å². The fourth-order valence-corrected chi connectivity index (χ4v) is 8.08. The molecule has 0 unspecified atom stereocenters. The lowest BCUT2D eigenvalue weighted by Crippen LogP contribution is -2.42. The van der Waals surface area contributed by atoms with Crippen molar-refractivity contribution in [2.45, 2.75) is 75.7 Å². The lowest BCUT2D eigenvalue weighted by atomic mass is 9.90. The smallest absolute Gasteiger partial charge is 0.326 e. The van der Waals surface area contributed by atoms with E-state index < -0.39 is 42.8 Å². The first kappa shape index (κ1) is 35.1. The fraction of sp³-hybridized carbons (Fsp3) is 0.576. The summed E-state index contributed by atoms with van der Waals surface area (Å²) >= 11 is 0. The molecular formula is C33H46N2O8S2. The van der Waals surface area contributed by atoms with Gasteiger partial charge in [-0.25, -0.2) is 21.6 Å². The number of carbonyl (C=O) groups is 2. The molecular weight excluding hydrogens is 617 g/mol. The van der Waals surface area contributed by atoms with Crippen LogP contribution in [0.5, 0.6) is 0 Å². The Bertz CT molecular complexity index is 1570. The minimum Gasteiger partial charge on any atom is -0.480 e. The van der Waals surface area contributed by atoms with E-state index in [0.29, 0.717) is 44.2 Å². The summed E-state index contributed by atoms with van der Waals surface area (Å²) in [7, 11) is -6.67. The quantitative estimate of drug-likeness (QED) is 0.308. The number of nitrogens with one attached hydrogen (secondary N) is 1. The van der Waals surface area contributed by atoms with Crippen molar-refractivity contribution in [2.24, 2.45) is 5.92 Å². The second kappa shape index (κ2) is 15.2. The molecule has 0 radical (unpaired) electrons. The highest BCUT2D eigenvalue weighted by Crippen LogP contribution is 2.31. The third-order valence-electron chi connectivity index (χ3n) is 9.01. The fourth-order valence-electron chi connectivity index (χ4n) is 6.39. The van der Waals surface area contributed by atoms with E-state index in [-0.39, 0.29) is 23.8 Å². The summed E-state index contributed by atoms with van der Waals surface area (Å²) in [6.45, 7) is 3.91. The second-order valence-corrected chi connectivity index (χ2v) is 17.4. The summed E-state index contributed by atoms with van der Waals surface area (Å²) < 4.78 is 54.6. The van der Waals surface area contributed by atoms with Crippen LogP contribution in [0.15, 0.2) is 42.5 Å². The van der Waals surface area contributed by atoms with Gasteiger partial charge < -0.3 is 15.2 Å². The number of ether oxygens (including phenoxy) is 1. The molecule has 3 atom stereocenters. The van der Waals surface area contributed by atoms with Gasteiger partial charge in [-0.05, 0) is 72.9 Å². The summed E-state index contributed by atoms with van der Waals surface area (Å²) in [5.74, 6) is -1.74. The summed E-state index contributed by atoms with van der Waals surface area (Å²) in [6.07, 6.45) is 8.64. The standard InChI is InChI=1S/C33H46N2O8S2/c1-23-9-7-8-12-28(23)30-17-25(13-14-29(30)32(36)34-31(33(37)38)15-16-44(2,39)40)19-35-20-27(45(3,41)42)18-26(35)22-43-21-24-10-5-4-6-11-24/h7-9,12-14,17,24,26-27,31H,4-6,10-11,15-16,18-22H2,1-3H3,(H,34,36)(H,37,38)/t26-,27-,31+/m1/s1. The van der Waals surface area contributed by atoms with Crippen LogP contribution in [-0.2, 0) is 35.8 Å². The molecule has 1 aliphatic heterocycles. The second-order valence-electron chi connectivity index (χ2n) is 12.8. The predicted molar refractivity (Wildman–Crippen MR) is 175 cm³/mol. The zero-order valence-electron chi connectivity index (χ0n) is 26.4. The Balaban J connectivity index is 1.58. The van der Waals surface area contributed by atoms with Crippen molar-refractivity contribution < 1.29 is 36.3 Å². The van der Waals surface area contributed by atoms with E-state index in [9.17, 15) is 31.5 Å². The first-order valence-corrected chi connectivity index (χ1v) is 19.6. The minimum absolute atomic E-state index is 0.0654. The largest absolute Gasteiger partial charge is 0.480 e. The lowest BCUT2D eigenvalue weighted by Gasteiger charge is -2.27. The third-order valence-corrected chi connectivity index (χ3v) is 11.5. The van der Waals surface area contributed by atoms with Gasteiger partial charge in [0, 0.05) is 43.8 Å². The van der Waals surface area contributed by atoms with E-state index in [2.05, 4.69) is 10.2 Å². The minimum atomic E-state index is -3.42. The van der Waals surface area contributed by atoms with Crippen LogP contribution in [0.4, 0.5) is 0 Å². The van der Waals surface area contributed by atoms with Gasteiger partial charge in [-0.2, -0.15) is 0 Å². The van der Waals surface area contributed by atoms with Crippen LogP contribution in [0.25, 0.3) is 11.1 Å². The molecule has 2 N–H and O–H groups in total. The molecule has 0 spiro atoms. The summed E-state index contributed by atoms with van der Waals surface area (Å²) in [4.78, 5) is 27.5. The van der Waals surface area contributed by atoms with Crippen molar-refractivity contribution >= 4 is 31.6 Å². The monoisotopic (exact) mass is 662 g/mol. The van der Waals surface area contributed by atoms with Crippen LogP contribution in [0.2, 0.25) is 0 Å². The predicted octanol–water partition coefficient (Wildman–Crippen LogP) is 3.86. The molecule has 0 bridgehead atoms. The van der Waals surface area contributed by atoms with Crippen molar-refractivity contribution in [1.82, 2.24) is 10.2 Å². The molecule has 1 heterocycles. The van der Waals surface area contributed by atoms with Crippen LogP contribution < -0.4 is 5.32 Å². The van der Waals surface area contributed by atoms with Crippen molar-refractivity contribution in [3.8, 4) is 11.1 Å². The zero-order chi connectivity index (χ0) is 32.8. The molecule has 1 amide bonds. The highest BCUT2D eigenvalue weighted by atomic mass is 32.2. The van der Waals surface area contributed by atoms with Gasteiger partial charge in [0.15, 0.2) is 9.84 Å². The SMILES string of the molecule is Cc1ccccc1-c1cc(CN2C[C@H](S(C)(=O)=O)C[C@@H]2COCC2CCCCC2)ccc1C(=O)N[C@@H](CCS(C)(=O)=O)C(=O)O. The maximum atomic E-state index is 13.5. The van der Waals surface area contributed by atoms with Crippen LogP contribution in [0, 0.1) is 12.8 Å².